The number of fused-ring (bicyclic) bond motifs is 7. The van der Waals surface area contributed by atoms with E-state index in [1.54, 1.807) is 0 Å². The van der Waals surface area contributed by atoms with E-state index in [9.17, 15) is 0 Å². The van der Waals surface area contributed by atoms with E-state index >= 15 is 0 Å². The minimum Gasteiger partial charge on any atom is -0.456 e. The first-order valence-electron chi connectivity index (χ1n) is 21.2. The number of hydrogen-bond acceptors (Lipinski definition) is 2. The molecule has 0 unspecified atom stereocenters. The molecule has 2 nitrogen and oxygen atoms in total. The summed E-state index contributed by atoms with van der Waals surface area (Å²) in [4.78, 5) is 2.37. The van der Waals surface area contributed by atoms with Gasteiger partial charge in [0.2, 0.25) is 0 Å². The van der Waals surface area contributed by atoms with Gasteiger partial charge in [-0.25, -0.2) is 0 Å². The van der Waals surface area contributed by atoms with Gasteiger partial charge in [-0.3, -0.25) is 0 Å². The smallest absolute Gasteiger partial charge is 0.136 e. The van der Waals surface area contributed by atoms with E-state index in [1.807, 2.05) is 12.1 Å². The van der Waals surface area contributed by atoms with Crippen LogP contribution in [0.15, 0.2) is 241 Å². The number of anilines is 3. The Kier molecular flexibility index (Phi) is 8.53. The zero-order valence-electron chi connectivity index (χ0n) is 33.9. The average molecular weight is 790 g/mol. The summed E-state index contributed by atoms with van der Waals surface area (Å²) in [5.41, 5.74) is 14.4. The van der Waals surface area contributed by atoms with Gasteiger partial charge in [-0.2, -0.15) is 0 Å². The number of rotatable bonds is 7. The van der Waals surface area contributed by atoms with Crippen LogP contribution in [0.4, 0.5) is 17.1 Å². The quantitative estimate of drug-likeness (QED) is 0.150. The Morgan fingerprint density at radius 2 is 0.758 bits per heavy atom. The summed E-state index contributed by atoms with van der Waals surface area (Å²) in [6.45, 7) is 0. The van der Waals surface area contributed by atoms with Crippen LogP contribution in [0, 0.1) is 0 Å². The Hall–Kier alpha value is -8.20. The van der Waals surface area contributed by atoms with Crippen molar-refractivity contribution in [2.75, 3.05) is 4.90 Å². The van der Waals surface area contributed by atoms with E-state index < -0.39 is 0 Å². The van der Waals surface area contributed by atoms with Crippen molar-refractivity contribution < 1.29 is 4.42 Å². The van der Waals surface area contributed by atoms with Crippen molar-refractivity contribution in [1.29, 1.82) is 0 Å². The molecule has 11 aromatic carbocycles. The Bertz CT molecular complexity index is 3630. The van der Waals surface area contributed by atoms with Gasteiger partial charge in [0.25, 0.3) is 0 Å². The second kappa shape index (κ2) is 14.8. The fourth-order valence-electron chi connectivity index (χ4n) is 9.32. The Labute approximate surface area is 360 Å². The van der Waals surface area contributed by atoms with E-state index in [2.05, 4.69) is 229 Å². The molecular formula is C60H39NO. The first-order chi connectivity index (χ1) is 30.7. The van der Waals surface area contributed by atoms with Crippen LogP contribution < -0.4 is 4.90 Å². The number of nitrogens with zero attached hydrogens (tertiary/aromatic N) is 1. The van der Waals surface area contributed by atoms with E-state index in [0.29, 0.717) is 0 Å². The molecule has 0 radical (unpaired) electrons. The molecule has 290 valence electrons. The lowest BCUT2D eigenvalue weighted by Crippen LogP contribution is -2.10. The van der Waals surface area contributed by atoms with Gasteiger partial charge in [0, 0.05) is 27.8 Å². The molecule has 1 aromatic heterocycles. The first-order valence-corrected chi connectivity index (χ1v) is 21.2. The van der Waals surface area contributed by atoms with Crippen LogP contribution in [0.5, 0.6) is 0 Å². The fourth-order valence-corrected chi connectivity index (χ4v) is 9.32. The van der Waals surface area contributed by atoms with Crippen molar-refractivity contribution in [3.63, 3.8) is 0 Å². The second-order valence-corrected chi connectivity index (χ2v) is 16.1. The zero-order valence-corrected chi connectivity index (χ0v) is 33.9. The lowest BCUT2D eigenvalue weighted by atomic mass is 9.96. The summed E-state index contributed by atoms with van der Waals surface area (Å²) < 4.78 is 6.26. The number of para-hydroxylation sites is 1. The molecule has 62 heavy (non-hydrogen) atoms. The van der Waals surface area contributed by atoms with Crippen molar-refractivity contribution in [2.45, 2.75) is 0 Å². The highest BCUT2D eigenvalue weighted by atomic mass is 16.3. The predicted octanol–water partition coefficient (Wildman–Crippen LogP) is 17.2. The third kappa shape index (κ3) is 6.29. The van der Waals surface area contributed by atoms with Gasteiger partial charge in [0.1, 0.15) is 11.2 Å². The van der Waals surface area contributed by atoms with Crippen LogP contribution in [0.1, 0.15) is 0 Å². The molecule has 1 heterocycles. The molecule has 0 aliphatic rings. The van der Waals surface area contributed by atoms with E-state index in [4.69, 9.17) is 4.42 Å². The molecule has 0 N–H and O–H groups in total. The van der Waals surface area contributed by atoms with Crippen LogP contribution in [0.2, 0.25) is 0 Å². The Balaban J connectivity index is 0.929. The monoisotopic (exact) mass is 789 g/mol. The molecule has 0 atom stereocenters. The number of hydrogen-bond donors (Lipinski definition) is 0. The number of benzene rings is 11. The zero-order chi connectivity index (χ0) is 41.0. The standard InChI is InChI=1S/C60H39NO/c1-2-12-45-36-49(28-26-40(45)10-1)47-14-8-16-53(39-47)61(51-33-30-44(31-34-51)56-19-9-21-59-60(56)57-18-5-6-20-58(57)62-59)52-15-7-13-46(38-52)41-22-24-42(25-23-41)48-32-35-55-50(37-48)29-27-43-11-3-4-17-54(43)55/h1-39H. The SMILES string of the molecule is c1cc(-c2ccc(-c3ccc4c(ccc5ccccc54)c3)cc2)cc(N(c2ccc(-c3cccc4oc5ccccc5c34)cc2)c2cccc(-c3ccc4ccccc4c3)c2)c1. The predicted molar refractivity (Wildman–Crippen MR) is 263 cm³/mol. The lowest BCUT2D eigenvalue weighted by molar-refractivity contribution is 0.669. The molecule has 0 saturated heterocycles. The molecular weight excluding hydrogens is 751 g/mol. The van der Waals surface area contributed by atoms with Gasteiger partial charge in [0.05, 0.1) is 0 Å². The summed E-state index contributed by atoms with van der Waals surface area (Å²) >= 11 is 0. The first kappa shape index (κ1) is 35.7. The van der Waals surface area contributed by atoms with Crippen molar-refractivity contribution in [3.05, 3.63) is 237 Å². The summed E-state index contributed by atoms with van der Waals surface area (Å²) in [5.74, 6) is 0. The van der Waals surface area contributed by atoms with Crippen LogP contribution >= 0.6 is 0 Å². The molecule has 0 amide bonds. The highest BCUT2D eigenvalue weighted by Gasteiger charge is 2.17. The largest absolute Gasteiger partial charge is 0.456 e. The van der Waals surface area contributed by atoms with E-state index in [0.717, 1.165) is 55.7 Å². The maximum absolute atomic E-state index is 6.26. The van der Waals surface area contributed by atoms with Crippen molar-refractivity contribution in [1.82, 2.24) is 0 Å². The van der Waals surface area contributed by atoms with Gasteiger partial charge in [-0.15, -0.1) is 0 Å². The van der Waals surface area contributed by atoms with Gasteiger partial charge in [0.15, 0.2) is 0 Å². The maximum Gasteiger partial charge on any atom is 0.136 e. The van der Waals surface area contributed by atoms with Gasteiger partial charge >= 0.3 is 0 Å². The van der Waals surface area contributed by atoms with Crippen molar-refractivity contribution in [3.8, 4) is 44.5 Å². The average Bonchev–Trinajstić information content (AvgIpc) is 3.73. The minimum atomic E-state index is 0.899. The highest BCUT2D eigenvalue weighted by molar-refractivity contribution is 6.12. The molecule has 12 rings (SSSR count). The molecule has 0 spiro atoms. The van der Waals surface area contributed by atoms with E-state index in [-0.39, 0.29) is 0 Å². The minimum absolute atomic E-state index is 0.899. The van der Waals surface area contributed by atoms with Gasteiger partial charge < -0.3 is 9.32 Å². The van der Waals surface area contributed by atoms with Gasteiger partial charge in [-0.1, -0.05) is 176 Å². The van der Waals surface area contributed by atoms with Crippen molar-refractivity contribution in [2.24, 2.45) is 0 Å². The third-order valence-corrected chi connectivity index (χ3v) is 12.4. The summed E-state index contributed by atoms with van der Waals surface area (Å²) in [5, 5.41) is 9.84. The van der Waals surface area contributed by atoms with Crippen LogP contribution in [0.3, 0.4) is 0 Å². The Morgan fingerprint density at radius 1 is 0.258 bits per heavy atom. The van der Waals surface area contributed by atoms with Gasteiger partial charge in [-0.05, 0) is 137 Å². The molecule has 0 aliphatic heterocycles. The molecule has 0 saturated carbocycles. The summed E-state index contributed by atoms with van der Waals surface area (Å²) in [6, 6.07) is 85.6. The third-order valence-electron chi connectivity index (χ3n) is 12.4. The highest BCUT2D eigenvalue weighted by Crippen LogP contribution is 2.42. The molecule has 0 fully saturated rings. The maximum atomic E-state index is 6.26. The Morgan fingerprint density at radius 3 is 1.53 bits per heavy atom. The molecule has 2 heteroatoms. The summed E-state index contributed by atoms with van der Waals surface area (Å²) in [6.07, 6.45) is 0. The molecule has 12 aromatic rings. The second-order valence-electron chi connectivity index (χ2n) is 16.1. The van der Waals surface area contributed by atoms with Crippen molar-refractivity contribution >= 4 is 71.3 Å². The number of furan rings is 1. The van der Waals surface area contributed by atoms with Crippen LogP contribution in [0.25, 0.3) is 98.8 Å². The van der Waals surface area contributed by atoms with E-state index in [1.165, 1.54) is 60.1 Å². The normalized spacial score (nSPS) is 11.5. The van der Waals surface area contributed by atoms with Crippen LogP contribution in [-0.4, -0.2) is 0 Å². The topological polar surface area (TPSA) is 16.4 Å². The lowest BCUT2D eigenvalue weighted by Gasteiger charge is -2.27. The fraction of sp³-hybridized carbons (Fsp3) is 0. The molecule has 0 bridgehead atoms. The molecule has 0 aliphatic carbocycles. The van der Waals surface area contributed by atoms with Crippen LogP contribution in [-0.2, 0) is 0 Å². The summed E-state index contributed by atoms with van der Waals surface area (Å²) in [7, 11) is 0.